The zero-order valence-electron chi connectivity index (χ0n) is 12.0. The van der Waals surface area contributed by atoms with Crippen molar-refractivity contribution in [1.29, 1.82) is 0 Å². The van der Waals surface area contributed by atoms with Crippen molar-refractivity contribution in [3.05, 3.63) is 40.9 Å². The molecular formula is C16H19BrN2O. The molecule has 0 aliphatic heterocycles. The zero-order chi connectivity index (χ0) is 14.8. The number of benzene rings is 2. The van der Waals surface area contributed by atoms with Gasteiger partial charge in [0.1, 0.15) is 0 Å². The van der Waals surface area contributed by atoms with E-state index in [0.29, 0.717) is 6.54 Å². The fourth-order valence-electron chi connectivity index (χ4n) is 1.91. The molecule has 0 unspecified atom stereocenters. The van der Waals surface area contributed by atoms with Crippen LogP contribution in [0.3, 0.4) is 0 Å². The number of nitrogens with one attached hydrogen (secondary N) is 2. The van der Waals surface area contributed by atoms with Gasteiger partial charge in [-0.1, -0.05) is 40.2 Å². The van der Waals surface area contributed by atoms with E-state index >= 15 is 0 Å². The third kappa shape index (κ3) is 3.81. The molecule has 2 N–H and O–H groups in total. The van der Waals surface area contributed by atoms with Gasteiger partial charge in [0.05, 0.1) is 6.54 Å². The molecule has 0 aliphatic carbocycles. The van der Waals surface area contributed by atoms with Gasteiger partial charge in [-0.15, -0.1) is 0 Å². The van der Waals surface area contributed by atoms with Crippen LogP contribution >= 0.6 is 15.9 Å². The fraction of sp³-hybridized carbons (Fsp3) is 0.312. The maximum Gasteiger partial charge on any atom is 0.238 e. The van der Waals surface area contributed by atoms with Crippen molar-refractivity contribution in [3.63, 3.8) is 0 Å². The number of fused-ring (bicyclic) bond motifs is 1. The van der Waals surface area contributed by atoms with Gasteiger partial charge < -0.3 is 10.6 Å². The molecule has 0 spiro atoms. The largest absolute Gasteiger partial charge is 0.324 e. The van der Waals surface area contributed by atoms with Gasteiger partial charge >= 0.3 is 0 Å². The Bertz CT molecular complexity index is 632. The fourth-order valence-corrected chi connectivity index (χ4v) is 2.39. The number of amides is 1. The predicted molar refractivity (Wildman–Crippen MR) is 88.0 cm³/mol. The highest BCUT2D eigenvalue weighted by Gasteiger charge is 2.12. The molecule has 1 amide bonds. The van der Waals surface area contributed by atoms with Crippen molar-refractivity contribution < 1.29 is 4.79 Å². The summed E-state index contributed by atoms with van der Waals surface area (Å²) in [6, 6.07) is 11.9. The highest BCUT2D eigenvalue weighted by atomic mass is 79.9. The molecule has 106 valence electrons. The van der Waals surface area contributed by atoms with E-state index in [9.17, 15) is 4.79 Å². The van der Waals surface area contributed by atoms with Gasteiger partial charge in [-0.25, -0.2) is 0 Å². The quantitative estimate of drug-likeness (QED) is 0.892. The van der Waals surface area contributed by atoms with Crippen LogP contribution in [0.2, 0.25) is 0 Å². The lowest BCUT2D eigenvalue weighted by atomic mass is 10.1. The van der Waals surface area contributed by atoms with Crippen LogP contribution in [0.15, 0.2) is 40.9 Å². The number of hydrogen-bond acceptors (Lipinski definition) is 2. The topological polar surface area (TPSA) is 41.1 Å². The summed E-state index contributed by atoms with van der Waals surface area (Å²) in [6.07, 6.45) is 0. The van der Waals surface area contributed by atoms with Crippen LogP contribution in [-0.4, -0.2) is 18.0 Å². The van der Waals surface area contributed by atoms with Gasteiger partial charge in [0.2, 0.25) is 5.91 Å². The molecule has 2 rings (SSSR count). The lowest BCUT2D eigenvalue weighted by Gasteiger charge is -2.20. The Morgan fingerprint density at radius 2 is 1.75 bits per heavy atom. The monoisotopic (exact) mass is 334 g/mol. The van der Waals surface area contributed by atoms with Crippen molar-refractivity contribution in [3.8, 4) is 0 Å². The predicted octanol–water partition coefficient (Wildman–Crippen LogP) is 3.93. The van der Waals surface area contributed by atoms with E-state index < -0.39 is 0 Å². The van der Waals surface area contributed by atoms with E-state index in [4.69, 9.17) is 0 Å². The lowest BCUT2D eigenvalue weighted by molar-refractivity contribution is -0.115. The third-order valence-corrected chi connectivity index (χ3v) is 3.62. The molecule has 2 aromatic carbocycles. The first kappa shape index (κ1) is 15.0. The van der Waals surface area contributed by atoms with E-state index in [1.165, 1.54) is 0 Å². The molecule has 0 fully saturated rings. The van der Waals surface area contributed by atoms with Crippen LogP contribution in [-0.2, 0) is 4.79 Å². The number of carbonyl (C=O) groups excluding carboxylic acids is 1. The van der Waals surface area contributed by atoms with E-state index in [-0.39, 0.29) is 11.4 Å². The maximum absolute atomic E-state index is 12.0. The lowest BCUT2D eigenvalue weighted by Crippen LogP contribution is -2.41. The van der Waals surface area contributed by atoms with Crippen molar-refractivity contribution >= 4 is 38.3 Å². The van der Waals surface area contributed by atoms with E-state index in [2.05, 4.69) is 26.6 Å². The van der Waals surface area contributed by atoms with Gasteiger partial charge in [0, 0.05) is 21.1 Å². The average molecular weight is 335 g/mol. The van der Waals surface area contributed by atoms with Gasteiger partial charge in [-0.2, -0.15) is 0 Å². The summed E-state index contributed by atoms with van der Waals surface area (Å²) >= 11 is 3.53. The molecular weight excluding hydrogens is 316 g/mol. The standard InChI is InChI=1S/C16H19BrN2O/c1-16(2,3)18-10-15(20)19-14-9-8-13(17)11-6-4-5-7-12(11)14/h4-9,18H,10H2,1-3H3,(H,19,20). The molecule has 0 bridgehead atoms. The Morgan fingerprint density at radius 1 is 1.10 bits per heavy atom. The molecule has 4 heteroatoms. The Kier molecular flexibility index (Phi) is 4.45. The summed E-state index contributed by atoms with van der Waals surface area (Å²) in [5, 5.41) is 8.27. The molecule has 0 saturated heterocycles. The zero-order valence-corrected chi connectivity index (χ0v) is 13.5. The first-order chi connectivity index (χ1) is 9.37. The highest BCUT2D eigenvalue weighted by Crippen LogP contribution is 2.29. The minimum absolute atomic E-state index is 0.0348. The summed E-state index contributed by atoms with van der Waals surface area (Å²) in [6.45, 7) is 6.41. The van der Waals surface area contributed by atoms with Crippen LogP contribution in [0.1, 0.15) is 20.8 Å². The molecule has 0 aliphatic rings. The van der Waals surface area contributed by atoms with Crippen molar-refractivity contribution in [2.45, 2.75) is 26.3 Å². The number of halogens is 1. The minimum atomic E-state index is -0.0703. The van der Waals surface area contributed by atoms with Gasteiger partial charge in [-0.3, -0.25) is 4.79 Å². The summed E-state index contributed by atoms with van der Waals surface area (Å²) in [4.78, 5) is 12.0. The van der Waals surface area contributed by atoms with Gasteiger partial charge in [-0.05, 0) is 38.3 Å². The van der Waals surface area contributed by atoms with Crippen LogP contribution in [0.5, 0.6) is 0 Å². The Balaban J connectivity index is 2.18. The molecule has 0 atom stereocenters. The third-order valence-electron chi connectivity index (χ3n) is 2.92. The molecule has 0 heterocycles. The number of rotatable bonds is 3. The average Bonchev–Trinajstić information content (AvgIpc) is 2.39. The molecule has 20 heavy (non-hydrogen) atoms. The summed E-state index contributed by atoms with van der Waals surface area (Å²) in [5.74, 6) is -0.0348. The van der Waals surface area contributed by atoms with E-state index in [1.807, 2.05) is 57.2 Å². The Labute approximate surface area is 127 Å². The molecule has 0 radical (unpaired) electrons. The summed E-state index contributed by atoms with van der Waals surface area (Å²) < 4.78 is 1.03. The van der Waals surface area contributed by atoms with E-state index in [1.54, 1.807) is 0 Å². The molecule has 0 aromatic heterocycles. The maximum atomic E-state index is 12.0. The number of anilines is 1. The van der Waals surface area contributed by atoms with Crippen molar-refractivity contribution in [2.24, 2.45) is 0 Å². The highest BCUT2D eigenvalue weighted by molar-refractivity contribution is 9.10. The first-order valence-corrected chi connectivity index (χ1v) is 7.38. The van der Waals surface area contributed by atoms with Gasteiger partial charge in [0.15, 0.2) is 0 Å². The Morgan fingerprint density at radius 3 is 2.40 bits per heavy atom. The SMILES string of the molecule is CC(C)(C)NCC(=O)Nc1ccc(Br)c2ccccc12. The minimum Gasteiger partial charge on any atom is -0.324 e. The van der Waals surface area contributed by atoms with Crippen LogP contribution < -0.4 is 10.6 Å². The van der Waals surface area contributed by atoms with Crippen LogP contribution in [0, 0.1) is 0 Å². The molecule has 2 aromatic rings. The van der Waals surface area contributed by atoms with E-state index in [0.717, 1.165) is 20.9 Å². The second-order valence-electron chi connectivity index (χ2n) is 5.79. The molecule has 0 saturated carbocycles. The van der Waals surface area contributed by atoms with Crippen molar-refractivity contribution in [1.82, 2.24) is 5.32 Å². The van der Waals surface area contributed by atoms with Gasteiger partial charge in [0.25, 0.3) is 0 Å². The second kappa shape index (κ2) is 5.94. The summed E-state index contributed by atoms with van der Waals surface area (Å²) in [5.41, 5.74) is 0.767. The number of hydrogen-bond donors (Lipinski definition) is 2. The summed E-state index contributed by atoms with van der Waals surface area (Å²) in [7, 11) is 0. The second-order valence-corrected chi connectivity index (χ2v) is 6.65. The first-order valence-electron chi connectivity index (χ1n) is 6.59. The smallest absolute Gasteiger partial charge is 0.238 e. The molecule has 3 nitrogen and oxygen atoms in total. The van der Waals surface area contributed by atoms with Crippen LogP contribution in [0.4, 0.5) is 5.69 Å². The van der Waals surface area contributed by atoms with Crippen molar-refractivity contribution in [2.75, 3.05) is 11.9 Å². The Hall–Kier alpha value is -1.39. The normalized spacial score (nSPS) is 11.6. The number of carbonyl (C=O) groups is 1. The van der Waals surface area contributed by atoms with Crippen LogP contribution in [0.25, 0.3) is 10.8 Å².